The topological polar surface area (TPSA) is 60.5 Å². The smallest absolute Gasteiger partial charge is 0.323 e. The van der Waals surface area contributed by atoms with E-state index in [0.717, 1.165) is 55.5 Å². The number of anilines is 3. The van der Waals surface area contributed by atoms with E-state index in [1.165, 1.54) is 11.1 Å². The number of benzene rings is 2. The second-order valence-corrected chi connectivity index (χ2v) is 8.03. The van der Waals surface area contributed by atoms with Gasteiger partial charge in [0.2, 0.25) is 0 Å². The van der Waals surface area contributed by atoms with Gasteiger partial charge in [0.15, 0.2) is 0 Å². The monoisotopic (exact) mass is 415 g/mol. The lowest BCUT2D eigenvalue weighted by molar-refractivity contribution is 0.249. The van der Waals surface area contributed by atoms with Crippen LogP contribution in [0.2, 0.25) is 0 Å². The van der Waals surface area contributed by atoms with E-state index in [2.05, 4.69) is 50.5 Å². The maximum absolute atomic E-state index is 12.3. The third-order valence-corrected chi connectivity index (χ3v) is 5.73. The largest absolute Gasteiger partial charge is 0.354 e. The highest BCUT2D eigenvalue weighted by molar-refractivity contribution is 5.99. The van der Waals surface area contributed by atoms with Crippen molar-refractivity contribution in [1.82, 2.24) is 9.88 Å². The van der Waals surface area contributed by atoms with Gasteiger partial charge in [0.05, 0.1) is 0 Å². The van der Waals surface area contributed by atoms with Crippen LogP contribution in [0.1, 0.15) is 16.7 Å². The fourth-order valence-electron chi connectivity index (χ4n) is 3.74. The first-order valence-electron chi connectivity index (χ1n) is 10.7. The van der Waals surface area contributed by atoms with Gasteiger partial charge in [-0.2, -0.15) is 0 Å². The van der Waals surface area contributed by atoms with Gasteiger partial charge in [-0.25, -0.2) is 9.78 Å². The van der Waals surface area contributed by atoms with Crippen molar-refractivity contribution < 1.29 is 4.79 Å². The van der Waals surface area contributed by atoms with Gasteiger partial charge in [0.1, 0.15) is 5.82 Å². The van der Waals surface area contributed by atoms with Crippen LogP contribution in [0.3, 0.4) is 0 Å². The van der Waals surface area contributed by atoms with Crippen LogP contribution in [0, 0.1) is 13.8 Å². The summed E-state index contributed by atoms with van der Waals surface area (Å²) in [5.74, 6) is 1.05. The standard InChI is InChI=1S/C25H29N5O/c1-19-6-9-23(17-20(19)2)28-25(31)27-22-10-7-21(8-11-22)18-29-13-15-30(16-14-29)24-5-3-4-12-26-24/h3-12,17H,13-16,18H2,1-2H3,(H2,27,28,31). The van der Waals surface area contributed by atoms with Crippen LogP contribution in [-0.4, -0.2) is 42.1 Å². The lowest BCUT2D eigenvalue weighted by atomic mass is 10.1. The van der Waals surface area contributed by atoms with Crippen LogP contribution >= 0.6 is 0 Å². The van der Waals surface area contributed by atoms with Crippen molar-refractivity contribution in [3.05, 3.63) is 83.6 Å². The average molecular weight is 416 g/mol. The Bertz CT molecular complexity index is 1010. The maximum atomic E-state index is 12.3. The van der Waals surface area contributed by atoms with Gasteiger partial charge in [-0.05, 0) is 66.9 Å². The van der Waals surface area contributed by atoms with Crippen LogP contribution in [0.5, 0.6) is 0 Å². The van der Waals surface area contributed by atoms with Crippen LogP contribution in [-0.2, 0) is 6.54 Å². The number of urea groups is 1. The van der Waals surface area contributed by atoms with Gasteiger partial charge in [-0.1, -0.05) is 24.3 Å². The molecular formula is C25H29N5O. The Kier molecular flexibility index (Phi) is 6.48. The highest BCUT2D eigenvalue weighted by atomic mass is 16.2. The predicted molar refractivity (Wildman–Crippen MR) is 127 cm³/mol. The summed E-state index contributed by atoms with van der Waals surface area (Å²) in [4.78, 5) is 21.5. The molecule has 2 aromatic carbocycles. The number of aromatic nitrogens is 1. The number of carbonyl (C=O) groups is 1. The zero-order valence-corrected chi connectivity index (χ0v) is 18.1. The van der Waals surface area contributed by atoms with Gasteiger partial charge in [-0.3, -0.25) is 4.90 Å². The Hall–Kier alpha value is -3.38. The fraction of sp³-hybridized carbons (Fsp3) is 0.280. The van der Waals surface area contributed by atoms with Crippen LogP contribution in [0.15, 0.2) is 66.9 Å². The SMILES string of the molecule is Cc1ccc(NC(=O)Nc2ccc(CN3CCN(c4ccccn4)CC3)cc2)cc1C. The summed E-state index contributed by atoms with van der Waals surface area (Å²) in [6.07, 6.45) is 1.85. The fourth-order valence-corrected chi connectivity index (χ4v) is 3.74. The summed E-state index contributed by atoms with van der Waals surface area (Å²) < 4.78 is 0. The number of nitrogens with one attached hydrogen (secondary N) is 2. The Labute approximate surface area is 183 Å². The second kappa shape index (κ2) is 9.62. The molecule has 1 aliphatic rings. The second-order valence-electron chi connectivity index (χ2n) is 8.03. The zero-order valence-electron chi connectivity index (χ0n) is 18.1. The molecule has 2 heterocycles. The van der Waals surface area contributed by atoms with Gasteiger partial charge >= 0.3 is 6.03 Å². The van der Waals surface area contributed by atoms with Crippen LogP contribution < -0.4 is 15.5 Å². The van der Waals surface area contributed by atoms with Crippen molar-refractivity contribution in [3.63, 3.8) is 0 Å². The number of rotatable bonds is 5. The Morgan fingerprint density at radius 1 is 0.871 bits per heavy atom. The number of pyridine rings is 1. The average Bonchev–Trinajstić information content (AvgIpc) is 2.79. The third-order valence-electron chi connectivity index (χ3n) is 5.73. The minimum atomic E-state index is -0.235. The molecule has 0 unspecified atom stereocenters. The van der Waals surface area contributed by atoms with E-state index in [9.17, 15) is 4.79 Å². The van der Waals surface area contributed by atoms with Gasteiger partial charge in [0.25, 0.3) is 0 Å². The van der Waals surface area contributed by atoms with E-state index in [4.69, 9.17) is 0 Å². The molecule has 31 heavy (non-hydrogen) atoms. The maximum Gasteiger partial charge on any atom is 0.323 e. The van der Waals surface area contributed by atoms with Crippen LogP contribution in [0.25, 0.3) is 0 Å². The van der Waals surface area contributed by atoms with Gasteiger partial charge < -0.3 is 15.5 Å². The first-order valence-corrected chi connectivity index (χ1v) is 10.7. The van der Waals surface area contributed by atoms with Crippen molar-refractivity contribution in [2.45, 2.75) is 20.4 Å². The number of hydrogen-bond acceptors (Lipinski definition) is 4. The molecular weight excluding hydrogens is 386 g/mol. The summed E-state index contributed by atoms with van der Waals surface area (Å²) in [6, 6.07) is 19.8. The molecule has 0 radical (unpaired) electrons. The molecule has 0 spiro atoms. The summed E-state index contributed by atoms with van der Waals surface area (Å²) >= 11 is 0. The molecule has 1 aliphatic heterocycles. The quantitative estimate of drug-likeness (QED) is 0.636. The van der Waals surface area contributed by atoms with Crippen molar-refractivity contribution in [2.75, 3.05) is 41.7 Å². The van der Waals surface area contributed by atoms with E-state index in [1.54, 1.807) is 0 Å². The van der Waals surface area contributed by atoms with E-state index in [0.29, 0.717) is 0 Å². The first kappa shape index (κ1) is 20.9. The van der Waals surface area contributed by atoms with E-state index < -0.39 is 0 Å². The Morgan fingerprint density at radius 3 is 2.26 bits per heavy atom. The summed E-state index contributed by atoms with van der Waals surface area (Å²) in [5.41, 5.74) is 5.18. The van der Waals surface area contributed by atoms with Crippen molar-refractivity contribution >= 4 is 23.2 Å². The molecule has 2 amide bonds. The van der Waals surface area contributed by atoms with E-state index in [-0.39, 0.29) is 6.03 Å². The van der Waals surface area contributed by atoms with Crippen LogP contribution in [0.4, 0.5) is 22.0 Å². The minimum Gasteiger partial charge on any atom is -0.354 e. The highest BCUT2D eigenvalue weighted by Crippen LogP contribution is 2.17. The lowest BCUT2D eigenvalue weighted by Gasteiger charge is -2.35. The van der Waals surface area contributed by atoms with Gasteiger partial charge in [-0.15, -0.1) is 0 Å². The van der Waals surface area contributed by atoms with Crippen molar-refractivity contribution in [2.24, 2.45) is 0 Å². The molecule has 2 N–H and O–H groups in total. The molecule has 160 valence electrons. The molecule has 6 nitrogen and oxygen atoms in total. The van der Waals surface area contributed by atoms with Crippen molar-refractivity contribution in [1.29, 1.82) is 0 Å². The summed E-state index contributed by atoms with van der Waals surface area (Å²) in [6.45, 7) is 8.98. The molecule has 0 aliphatic carbocycles. The number of carbonyl (C=O) groups excluding carboxylic acids is 1. The lowest BCUT2D eigenvalue weighted by Crippen LogP contribution is -2.46. The molecule has 0 atom stereocenters. The zero-order chi connectivity index (χ0) is 21.6. The number of piperazine rings is 1. The molecule has 0 saturated carbocycles. The molecule has 4 rings (SSSR count). The first-order chi connectivity index (χ1) is 15.1. The normalized spacial score (nSPS) is 14.3. The molecule has 1 saturated heterocycles. The molecule has 1 aromatic heterocycles. The molecule has 6 heteroatoms. The van der Waals surface area contributed by atoms with Gasteiger partial charge in [0, 0.05) is 50.3 Å². The number of nitrogens with zero attached hydrogens (tertiary/aromatic N) is 3. The van der Waals surface area contributed by atoms with Crippen molar-refractivity contribution in [3.8, 4) is 0 Å². The minimum absolute atomic E-state index is 0.235. The molecule has 0 bridgehead atoms. The third kappa shape index (κ3) is 5.61. The summed E-state index contributed by atoms with van der Waals surface area (Å²) in [5, 5.41) is 5.79. The number of hydrogen-bond donors (Lipinski definition) is 2. The summed E-state index contributed by atoms with van der Waals surface area (Å²) in [7, 11) is 0. The predicted octanol–water partition coefficient (Wildman–Crippen LogP) is 4.66. The molecule has 1 fully saturated rings. The Balaban J connectivity index is 1.25. The highest BCUT2D eigenvalue weighted by Gasteiger charge is 2.17. The van der Waals surface area contributed by atoms with E-state index >= 15 is 0 Å². The molecule has 3 aromatic rings. The number of aryl methyl sites for hydroxylation is 2. The van der Waals surface area contributed by atoms with E-state index in [1.807, 2.05) is 55.6 Å². The Morgan fingerprint density at radius 2 is 1.58 bits per heavy atom. The number of amides is 2.